The fourth-order valence-electron chi connectivity index (χ4n) is 6.48. The van der Waals surface area contributed by atoms with Gasteiger partial charge in [0.25, 0.3) is 0 Å². The van der Waals surface area contributed by atoms with Gasteiger partial charge in [-0.05, 0) is 59.5 Å². The van der Waals surface area contributed by atoms with Crippen LogP contribution < -0.4 is 19.7 Å². The van der Waals surface area contributed by atoms with Crippen molar-refractivity contribution in [1.82, 2.24) is 0 Å². The van der Waals surface area contributed by atoms with Crippen molar-refractivity contribution in [2.45, 2.75) is 39.3 Å². The fourth-order valence-corrected chi connectivity index (χ4v) is 8.85. The number of ether oxygens (including phenoxy) is 1. The van der Waals surface area contributed by atoms with Crippen LogP contribution in [0.1, 0.15) is 23.1 Å². The van der Waals surface area contributed by atoms with Gasteiger partial charge in [-0.2, -0.15) is 0 Å². The molecule has 5 aromatic rings. The van der Waals surface area contributed by atoms with Crippen molar-refractivity contribution in [2.24, 2.45) is 7.05 Å². The Bertz CT molecular complexity index is 1680. The van der Waals surface area contributed by atoms with Crippen molar-refractivity contribution in [3.63, 3.8) is 0 Å². The van der Waals surface area contributed by atoms with Gasteiger partial charge in [0.15, 0.2) is 6.20 Å². The molecule has 35 heavy (non-hydrogen) atoms. The third-order valence-corrected chi connectivity index (χ3v) is 12.0. The Labute approximate surface area is 207 Å². The minimum Gasteiger partial charge on any atom is -0.455 e. The minimum atomic E-state index is -1.88. The van der Waals surface area contributed by atoms with E-state index < -0.39 is 8.07 Å². The molecule has 1 aliphatic carbocycles. The van der Waals surface area contributed by atoms with Gasteiger partial charge in [0.1, 0.15) is 26.6 Å². The van der Waals surface area contributed by atoms with Gasteiger partial charge < -0.3 is 4.74 Å². The van der Waals surface area contributed by atoms with E-state index in [1.807, 2.05) is 0 Å². The first-order chi connectivity index (χ1) is 16.9. The monoisotopic (exact) mass is 472 g/mol. The minimum absolute atomic E-state index is 1.02. The zero-order valence-electron chi connectivity index (χ0n) is 20.9. The molecule has 2 aliphatic rings. The van der Waals surface area contributed by atoms with Gasteiger partial charge in [-0.1, -0.05) is 78.1 Å². The Balaban J connectivity index is 1.56. The van der Waals surface area contributed by atoms with Crippen LogP contribution in [0.3, 0.4) is 0 Å². The van der Waals surface area contributed by atoms with Crippen LogP contribution in [0, 0.1) is 6.92 Å². The predicted octanol–water partition coefficient (Wildman–Crippen LogP) is 6.21. The van der Waals surface area contributed by atoms with Crippen LogP contribution in [0.2, 0.25) is 13.1 Å². The highest BCUT2D eigenvalue weighted by Gasteiger charge is 2.35. The van der Waals surface area contributed by atoms with E-state index in [0.29, 0.717) is 0 Å². The van der Waals surface area contributed by atoms with Crippen molar-refractivity contribution in [3.05, 3.63) is 89.6 Å². The summed E-state index contributed by atoms with van der Waals surface area (Å²) in [7, 11) is 0.296. The average Bonchev–Trinajstić information content (AvgIpc) is 2.89. The molecule has 172 valence electrons. The fraction of sp³-hybridized carbons (Fsp3) is 0.219. The van der Waals surface area contributed by atoms with E-state index in [-0.39, 0.29) is 0 Å². The smallest absolute Gasteiger partial charge is 0.228 e. The van der Waals surface area contributed by atoms with Crippen molar-refractivity contribution >= 4 is 40.0 Å². The number of hydrogen-bond donors (Lipinski definition) is 0. The van der Waals surface area contributed by atoms with E-state index in [1.165, 1.54) is 66.3 Å². The first-order valence-corrected chi connectivity index (χ1v) is 15.7. The van der Waals surface area contributed by atoms with Crippen LogP contribution in [-0.4, -0.2) is 8.07 Å². The van der Waals surface area contributed by atoms with Crippen molar-refractivity contribution in [3.8, 4) is 22.8 Å². The van der Waals surface area contributed by atoms with E-state index >= 15 is 0 Å². The summed E-state index contributed by atoms with van der Waals surface area (Å²) in [5, 5.41) is 8.20. The number of aromatic nitrogens is 1. The summed E-state index contributed by atoms with van der Waals surface area (Å²) in [6.07, 6.45) is 5.64. The molecular weight excluding hydrogens is 442 g/mol. The van der Waals surface area contributed by atoms with Crippen LogP contribution in [0.5, 0.6) is 11.5 Å². The molecule has 1 aromatic heterocycles. The lowest BCUT2D eigenvalue weighted by Gasteiger charge is -2.29. The highest BCUT2D eigenvalue weighted by atomic mass is 28.3. The third-order valence-electron chi connectivity index (χ3n) is 8.47. The number of aryl methyl sites for hydroxylation is 4. The SMILES string of the molecule is Cc1c2c(c3c4c(cccc14)CCC3)Oc1cc([Si](C)(C)c3ccccc3)cc3cc[n+](C)c-2c13. The van der Waals surface area contributed by atoms with Gasteiger partial charge in [-0.3, -0.25) is 0 Å². The van der Waals surface area contributed by atoms with Gasteiger partial charge in [0, 0.05) is 11.6 Å². The maximum atomic E-state index is 6.98. The molecule has 0 fully saturated rings. The van der Waals surface area contributed by atoms with Crippen LogP contribution in [-0.2, 0) is 19.9 Å². The largest absolute Gasteiger partial charge is 0.455 e. The molecule has 2 nitrogen and oxygen atoms in total. The maximum absolute atomic E-state index is 6.98. The van der Waals surface area contributed by atoms with E-state index in [1.54, 1.807) is 0 Å². The summed E-state index contributed by atoms with van der Waals surface area (Å²) in [5.41, 5.74) is 6.77. The summed E-state index contributed by atoms with van der Waals surface area (Å²) in [6, 6.07) is 24.9. The molecule has 0 saturated carbocycles. The Kier molecular flexibility index (Phi) is 4.35. The van der Waals surface area contributed by atoms with Crippen LogP contribution in [0.25, 0.3) is 32.8 Å². The Morgan fingerprint density at radius 2 is 1.69 bits per heavy atom. The highest BCUT2D eigenvalue weighted by molar-refractivity contribution is 7.00. The lowest BCUT2D eigenvalue weighted by molar-refractivity contribution is -0.659. The van der Waals surface area contributed by atoms with E-state index in [9.17, 15) is 0 Å². The topological polar surface area (TPSA) is 13.1 Å². The number of rotatable bonds is 2. The van der Waals surface area contributed by atoms with Crippen molar-refractivity contribution in [2.75, 3.05) is 0 Å². The Hall–Kier alpha value is -3.43. The van der Waals surface area contributed by atoms with Crippen LogP contribution in [0.4, 0.5) is 0 Å². The summed E-state index contributed by atoms with van der Waals surface area (Å²) < 4.78 is 9.28. The molecule has 2 heterocycles. The van der Waals surface area contributed by atoms with E-state index in [0.717, 1.165) is 24.3 Å². The second-order valence-corrected chi connectivity index (χ2v) is 15.2. The van der Waals surface area contributed by atoms with E-state index in [4.69, 9.17) is 4.74 Å². The maximum Gasteiger partial charge on any atom is 0.228 e. The summed E-state index contributed by atoms with van der Waals surface area (Å²) in [6.45, 7) is 7.18. The summed E-state index contributed by atoms with van der Waals surface area (Å²) in [4.78, 5) is 0. The average molecular weight is 473 g/mol. The first kappa shape index (κ1) is 20.9. The van der Waals surface area contributed by atoms with Gasteiger partial charge in [-0.15, -0.1) is 0 Å². The van der Waals surface area contributed by atoms with Crippen molar-refractivity contribution in [1.29, 1.82) is 0 Å². The number of fused-ring (bicyclic) bond motifs is 3. The predicted molar refractivity (Wildman–Crippen MR) is 148 cm³/mol. The molecule has 0 bridgehead atoms. The second-order valence-electron chi connectivity index (χ2n) is 10.8. The molecule has 4 aromatic carbocycles. The third kappa shape index (κ3) is 2.85. The standard InChI is InChI=1S/C32H30NOSi/c1-20-25-14-8-10-21-11-9-15-26(29(21)25)32-28(20)31-30-22(16-17-33(31)2)18-24(19-27(30)34-32)35(3,4)23-12-6-5-7-13-23/h5-8,10,12-14,16-19H,9,11,15H2,1-4H3/q+1. The number of nitrogens with zero attached hydrogens (tertiary/aromatic N) is 1. The lowest BCUT2D eigenvalue weighted by Crippen LogP contribution is -2.52. The van der Waals surface area contributed by atoms with Crippen molar-refractivity contribution < 1.29 is 9.30 Å². The summed E-state index contributed by atoms with van der Waals surface area (Å²) >= 11 is 0. The quantitative estimate of drug-likeness (QED) is 0.216. The molecule has 0 radical (unpaired) electrons. The zero-order chi connectivity index (χ0) is 23.9. The number of benzene rings is 4. The zero-order valence-corrected chi connectivity index (χ0v) is 21.9. The van der Waals surface area contributed by atoms with Crippen LogP contribution >= 0.6 is 0 Å². The molecule has 3 heteroatoms. The molecular formula is C32H30NOSi+. The van der Waals surface area contributed by atoms with Gasteiger partial charge in [0.2, 0.25) is 5.69 Å². The van der Waals surface area contributed by atoms with Gasteiger partial charge >= 0.3 is 0 Å². The Morgan fingerprint density at radius 3 is 2.51 bits per heavy atom. The Morgan fingerprint density at radius 1 is 0.857 bits per heavy atom. The molecule has 0 atom stereocenters. The molecule has 1 aliphatic heterocycles. The molecule has 0 N–H and O–H groups in total. The number of hydrogen-bond acceptors (Lipinski definition) is 1. The molecule has 0 saturated heterocycles. The van der Waals surface area contributed by atoms with Gasteiger partial charge in [0.05, 0.1) is 10.9 Å². The van der Waals surface area contributed by atoms with E-state index in [2.05, 4.69) is 105 Å². The molecule has 7 rings (SSSR count). The molecule has 0 unspecified atom stereocenters. The van der Waals surface area contributed by atoms with Gasteiger partial charge in [-0.25, -0.2) is 4.57 Å². The second kappa shape index (κ2) is 7.28. The van der Waals surface area contributed by atoms with Crippen LogP contribution in [0.15, 0.2) is 72.9 Å². The molecule has 0 amide bonds. The normalized spacial score (nSPS) is 14.2. The molecule has 0 spiro atoms. The summed E-state index contributed by atoms with van der Waals surface area (Å²) in [5.74, 6) is 2.11. The first-order valence-electron chi connectivity index (χ1n) is 12.7. The number of pyridine rings is 1. The lowest BCUT2D eigenvalue weighted by atomic mass is 9.82. The highest BCUT2D eigenvalue weighted by Crippen LogP contribution is 2.52.